The van der Waals surface area contributed by atoms with E-state index in [1.54, 1.807) is 13.0 Å². The summed E-state index contributed by atoms with van der Waals surface area (Å²) in [4.78, 5) is 11.0. The first-order valence-electron chi connectivity index (χ1n) is 9.40. The lowest BCUT2D eigenvalue weighted by Crippen LogP contribution is -2.31. The Labute approximate surface area is 161 Å². The van der Waals surface area contributed by atoms with Crippen LogP contribution in [0.15, 0.2) is 24.0 Å². The number of hydrogen-bond donors (Lipinski definition) is 2. The van der Waals surface area contributed by atoms with E-state index in [0.29, 0.717) is 25.0 Å². The van der Waals surface area contributed by atoms with Gasteiger partial charge in [0, 0.05) is 25.2 Å². The van der Waals surface area contributed by atoms with Crippen LogP contribution in [0.4, 0.5) is 0 Å². The quantitative estimate of drug-likeness (QED) is 0.291. The molecule has 6 nitrogen and oxygen atoms in total. The molecule has 0 aromatic carbocycles. The summed E-state index contributed by atoms with van der Waals surface area (Å²) < 4.78 is 15.5. The van der Waals surface area contributed by atoms with E-state index in [2.05, 4.69) is 16.6 Å². The number of carbonyl (C=O) groups is 1. The van der Waals surface area contributed by atoms with Crippen LogP contribution in [0, 0.1) is 29.6 Å². The summed E-state index contributed by atoms with van der Waals surface area (Å²) in [7, 11) is 1.31. The molecule has 1 heterocycles. The average molecular weight is 378 g/mol. The molecular formula is C21H30O6. The van der Waals surface area contributed by atoms with Gasteiger partial charge in [0.15, 0.2) is 0 Å². The van der Waals surface area contributed by atoms with Crippen molar-refractivity contribution in [1.82, 2.24) is 0 Å². The van der Waals surface area contributed by atoms with Gasteiger partial charge in [-0.05, 0) is 31.3 Å². The number of carbonyl (C=O) groups excluding carboxylic acids is 1. The van der Waals surface area contributed by atoms with Crippen molar-refractivity contribution in [3.8, 4) is 11.8 Å². The zero-order chi connectivity index (χ0) is 19.9. The van der Waals surface area contributed by atoms with Gasteiger partial charge >= 0.3 is 5.97 Å². The number of allylic oxidation sites excluding steroid dienone is 2. The highest BCUT2D eigenvalue weighted by molar-refractivity contribution is 5.70. The number of methoxy groups -OCH3 is 1. The van der Waals surface area contributed by atoms with Gasteiger partial charge in [-0.25, -0.2) is 4.79 Å². The molecule has 6 heteroatoms. The van der Waals surface area contributed by atoms with Crippen LogP contribution in [0.2, 0.25) is 0 Å². The minimum atomic E-state index is -1.16. The van der Waals surface area contributed by atoms with Crippen molar-refractivity contribution in [3.63, 3.8) is 0 Å². The van der Waals surface area contributed by atoms with Gasteiger partial charge in [0.05, 0.1) is 25.6 Å². The highest BCUT2D eigenvalue weighted by atomic mass is 16.6. The van der Waals surface area contributed by atoms with Crippen LogP contribution in [-0.2, 0) is 19.0 Å². The maximum atomic E-state index is 11.0. The summed E-state index contributed by atoms with van der Waals surface area (Å²) in [6, 6.07) is 0. The van der Waals surface area contributed by atoms with Crippen molar-refractivity contribution in [2.24, 2.45) is 17.8 Å². The zero-order valence-electron chi connectivity index (χ0n) is 16.3. The van der Waals surface area contributed by atoms with Gasteiger partial charge in [0.1, 0.15) is 6.61 Å². The van der Waals surface area contributed by atoms with E-state index in [-0.39, 0.29) is 31.0 Å². The van der Waals surface area contributed by atoms with Crippen LogP contribution in [0.5, 0.6) is 0 Å². The molecule has 1 saturated heterocycles. The van der Waals surface area contributed by atoms with Crippen LogP contribution >= 0.6 is 0 Å². The molecule has 27 heavy (non-hydrogen) atoms. The second kappa shape index (κ2) is 9.93. The van der Waals surface area contributed by atoms with E-state index in [9.17, 15) is 15.0 Å². The van der Waals surface area contributed by atoms with Crippen molar-refractivity contribution in [2.45, 2.75) is 51.4 Å². The molecule has 0 aromatic heterocycles. The molecular weight excluding hydrogens is 348 g/mol. The molecule has 5 atom stereocenters. The van der Waals surface area contributed by atoms with Gasteiger partial charge in [-0.2, -0.15) is 0 Å². The molecule has 2 aliphatic rings. The minimum Gasteiger partial charge on any atom is -0.467 e. The van der Waals surface area contributed by atoms with Crippen molar-refractivity contribution < 1.29 is 29.2 Å². The summed E-state index contributed by atoms with van der Waals surface area (Å²) >= 11 is 0. The number of hydrogen-bond acceptors (Lipinski definition) is 6. The highest BCUT2D eigenvalue weighted by Crippen LogP contribution is 2.51. The Balaban J connectivity index is 1.88. The molecule has 0 spiro atoms. The normalized spacial score (nSPS) is 30.5. The van der Waals surface area contributed by atoms with Crippen molar-refractivity contribution in [3.05, 3.63) is 24.0 Å². The standard InChI is InChI=1S/C21H30O6/c1-4-5-6-15(2)19(22)8-7-16-9-11-21(24)18(16)13-17(27-21)10-12-26-14-20(23)25-3/h7-8,10,15-16,18-19,22,24H,6,9,11-14H2,1-3H3/t15?,16-,18+,19-,21-/m1/s1. The fraction of sp³-hybridized carbons (Fsp3) is 0.667. The Morgan fingerprint density at radius 2 is 2.30 bits per heavy atom. The van der Waals surface area contributed by atoms with E-state index in [1.165, 1.54) is 7.11 Å². The molecule has 150 valence electrons. The summed E-state index contributed by atoms with van der Waals surface area (Å²) in [5.74, 6) is 5.09. The first-order chi connectivity index (χ1) is 12.9. The van der Waals surface area contributed by atoms with Gasteiger partial charge in [-0.3, -0.25) is 0 Å². The summed E-state index contributed by atoms with van der Waals surface area (Å²) in [5.41, 5.74) is 0. The lowest BCUT2D eigenvalue weighted by molar-refractivity contribution is -0.168. The molecule has 1 aliphatic carbocycles. The van der Waals surface area contributed by atoms with Crippen LogP contribution < -0.4 is 0 Å². The van der Waals surface area contributed by atoms with Gasteiger partial charge < -0.3 is 24.4 Å². The smallest absolute Gasteiger partial charge is 0.331 e. The van der Waals surface area contributed by atoms with Crippen LogP contribution in [0.1, 0.15) is 39.5 Å². The topological polar surface area (TPSA) is 85.2 Å². The molecule has 1 unspecified atom stereocenters. The van der Waals surface area contributed by atoms with E-state index in [1.807, 2.05) is 19.1 Å². The molecule has 1 saturated carbocycles. The highest BCUT2D eigenvalue weighted by Gasteiger charge is 2.53. The van der Waals surface area contributed by atoms with Gasteiger partial charge in [-0.1, -0.05) is 19.1 Å². The number of ether oxygens (including phenoxy) is 3. The van der Waals surface area contributed by atoms with Crippen LogP contribution in [-0.4, -0.2) is 48.4 Å². The number of fused-ring (bicyclic) bond motifs is 1. The minimum absolute atomic E-state index is 0.0430. The Morgan fingerprint density at radius 1 is 1.52 bits per heavy atom. The molecule has 0 aromatic rings. The monoisotopic (exact) mass is 378 g/mol. The summed E-state index contributed by atoms with van der Waals surface area (Å²) in [6.07, 6.45) is 7.66. The molecule has 2 rings (SSSR count). The molecule has 0 radical (unpaired) electrons. The molecule has 0 bridgehead atoms. The van der Waals surface area contributed by atoms with E-state index in [4.69, 9.17) is 9.47 Å². The predicted octanol–water partition coefficient (Wildman–Crippen LogP) is 2.16. The SMILES string of the molecule is CC#CCC(C)[C@H](O)C=C[C@@H]1CC[C@@]2(O)OC(=CCOCC(=O)OC)C[C@@H]12. The second-order valence-corrected chi connectivity index (χ2v) is 7.21. The van der Waals surface area contributed by atoms with Crippen LogP contribution in [0.25, 0.3) is 0 Å². The number of aliphatic hydroxyl groups excluding tert-OH is 1. The Kier molecular flexibility index (Phi) is 7.91. The van der Waals surface area contributed by atoms with Crippen molar-refractivity contribution >= 4 is 5.97 Å². The predicted molar refractivity (Wildman–Crippen MR) is 100 cm³/mol. The fourth-order valence-electron chi connectivity index (χ4n) is 3.56. The number of esters is 1. The van der Waals surface area contributed by atoms with Gasteiger partial charge in [-0.15, -0.1) is 11.8 Å². The third kappa shape index (κ3) is 5.83. The summed E-state index contributed by atoms with van der Waals surface area (Å²) in [6.45, 7) is 3.87. The lowest BCUT2D eigenvalue weighted by atomic mass is 9.89. The average Bonchev–Trinajstić information content (AvgIpc) is 3.14. The second-order valence-electron chi connectivity index (χ2n) is 7.21. The fourth-order valence-corrected chi connectivity index (χ4v) is 3.56. The molecule has 1 aliphatic heterocycles. The first-order valence-corrected chi connectivity index (χ1v) is 9.40. The Morgan fingerprint density at radius 3 is 3.00 bits per heavy atom. The largest absolute Gasteiger partial charge is 0.467 e. The molecule has 0 amide bonds. The number of aliphatic hydroxyl groups is 2. The third-order valence-electron chi connectivity index (χ3n) is 5.28. The maximum absolute atomic E-state index is 11.0. The number of rotatable bonds is 8. The molecule has 2 fully saturated rings. The van der Waals surface area contributed by atoms with E-state index in [0.717, 1.165) is 6.42 Å². The van der Waals surface area contributed by atoms with Crippen LogP contribution in [0.3, 0.4) is 0 Å². The van der Waals surface area contributed by atoms with Gasteiger partial charge in [0.25, 0.3) is 0 Å². The van der Waals surface area contributed by atoms with Gasteiger partial charge in [0.2, 0.25) is 5.79 Å². The Hall–Kier alpha value is -1.81. The van der Waals surface area contributed by atoms with Crippen molar-refractivity contribution in [1.29, 1.82) is 0 Å². The van der Waals surface area contributed by atoms with E-state index < -0.39 is 17.9 Å². The lowest BCUT2D eigenvalue weighted by Gasteiger charge is -2.22. The Bertz CT molecular complexity index is 628. The maximum Gasteiger partial charge on any atom is 0.331 e. The van der Waals surface area contributed by atoms with E-state index >= 15 is 0 Å². The summed E-state index contributed by atoms with van der Waals surface area (Å²) in [5, 5.41) is 21.0. The zero-order valence-corrected chi connectivity index (χ0v) is 16.3. The third-order valence-corrected chi connectivity index (χ3v) is 5.28. The first kappa shape index (κ1) is 21.5. The molecule has 2 N–H and O–H groups in total. The van der Waals surface area contributed by atoms with Crippen molar-refractivity contribution in [2.75, 3.05) is 20.3 Å².